The minimum absolute atomic E-state index is 0.114. The second-order valence-corrected chi connectivity index (χ2v) is 19.5. The van der Waals surface area contributed by atoms with Crippen LogP contribution >= 0.6 is 0 Å². The number of allylic oxidation sites excluding steroid dienone is 26. The van der Waals surface area contributed by atoms with Crippen molar-refractivity contribution >= 4 is 17.9 Å². The van der Waals surface area contributed by atoms with Crippen LogP contribution < -0.4 is 0 Å². The van der Waals surface area contributed by atoms with Crippen molar-refractivity contribution in [2.24, 2.45) is 0 Å². The number of carbonyl (C=O) groups excluding carboxylic acids is 3. The van der Waals surface area contributed by atoms with Gasteiger partial charge in [-0.05, 0) is 148 Å². The van der Waals surface area contributed by atoms with Gasteiger partial charge in [0.05, 0.1) is 0 Å². The summed E-state index contributed by atoms with van der Waals surface area (Å²) in [5.41, 5.74) is 0. The van der Waals surface area contributed by atoms with Crippen molar-refractivity contribution in [3.8, 4) is 0 Å². The minimum Gasteiger partial charge on any atom is -0.462 e. The van der Waals surface area contributed by atoms with Gasteiger partial charge in [0.1, 0.15) is 13.2 Å². The number of hydrogen-bond acceptors (Lipinski definition) is 6. The molecule has 0 aromatic heterocycles. The predicted octanol–water partition coefficient (Wildman–Crippen LogP) is 20.9. The summed E-state index contributed by atoms with van der Waals surface area (Å²) >= 11 is 0. The fourth-order valence-electron chi connectivity index (χ4n) is 7.74. The van der Waals surface area contributed by atoms with Crippen LogP contribution in [-0.2, 0) is 28.6 Å². The van der Waals surface area contributed by atoms with E-state index in [4.69, 9.17) is 14.2 Å². The molecule has 0 aliphatic rings. The van der Waals surface area contributed by atoms with Crippen LogP contribution in [0.15, 0.2) is 158 Å². The number of ether oxygens (including phenoxy) is 3. The van der Waals surface area contributed by atoms with Crippen LogP contribution in [0.4, 0.5) is 0 Å². The Morgan fingerprint density at radius 2 is 0.513 bits per heavy atom. The third-order valence-corrected chi connectivity index (χ3v) is 12.2. The Balaban J connectivity index is 4.48. The van der Waals surface area contributed by atoms with Gasteiger partial charge in [-0.1, -0.05) is 237 Å². The van der Waals surface area contributed by atoms with Crippen LogP contribution in [0.3, 0.4) is 0 Å². The molecule has 1 unspecified atom stereocenters. The van der Waals surface area contributed by atoms with E-state index in [-0.39, 0.29) is 31.1 Å². The standard InChI is InChI=1S/C70H110O6/c1-4-7-10-13-16-19-22-25-28-30-31-32-33-34-35-36-37-38-39-40-43-45-48-51-54-57-60-63-69(72)75-66-67(65-74-68(71)62-59-56-53-50-47-44-41-27-24-21-18-15-12-9-6-3)76-70(73)64-61-58-55-52-49-46-42-29-26-23-20-17-14-11-8-5-2/h7,9-10,12,16,18-21,23,25,27-29,31-32,34-35,37-38,40-43,47,50,67H,4-6,8,11,13-15,17,22,24,26,30,33,36,39,44-46,48-49,51-66H2,1-3H3/b10-7-,12-9-,19-16-,21-18-,23-20-,28-25-,32-31-,35-34-,38-37-,41-27-,42-29-,43-40-,50-47-. The predicted molar refractivity (Wildman–Crippen MR) is 329 cm³/mol. The molecule has 0 saturated heterocycles. The van der Waals surface area contributed by atoms with E-state index in [1.54, 1.807) is 0 Å². The number of hydrogen-bond donors (Lipinski definition) is 0. The van der Waals surface area contributed by atoms with Gasteiger partial charge in [-0.3, -0.25) is 14.4 Å². The van der Waals surface area contributed by atoms with Crippen LogP contribution in [0, 0.1) is 0 Å². The number of unbranched alkanes of at least 4 members (excludes halogenated alkanes) is 16. The van der Waals surface area contributed by atoms with E-state index < -0.39 is 6.10 Å². The van der Waals surface area contributed by atoms with E-state index in [2.05, 4.69) is 179 Å². The molecule has 0 amide bonds. The topological polar surface area (TPSA) is 78.9 Å². The summed E-state index contributed by atoms with van der Waals surface area (Å²) in [7, 11) is 0. The third kappa shape index (κ3) is 59.9. The molecule has 0 heterocycles. The molecule has 0 aliphatic carbocycles. The van der Waals surface area contributed by atoms with Crippen molar-refractivity contribution in [3.63, 3.8) is 0 Å². The number of rotatable bonds is 53. The fourth-order valence-corrected chi connectivity index (χ4v) is 7.74. The van der Waals surface area contributed by atoms with Gasteiger partial charge in [0.15, 0.2) is 6.10 Å². The molecule has 0 radical (unpaired) electrons. The summed E-state index contributed by atoms with van der Waals surface area (Å²) < 4.78 is 16.8. The zero-order valence-electron chi connectivity index (χ0n) is 48.7. The van der Waals surface area contributed by atoms with E-state index in [0.717, 1.165) is 167 Å². The average Bonchev–Trinajstić information content (AvgIpc) is 3.42. The summed E-state index contributed by atoms with van der Waals surface area (Å²) in [5, 5.41) is 0. The summed E-state index contributed by atoms with van der Waals surface area (Å²) in [6, 6.07) is 0. The van der Waals surface area contributed by atoms with Crippen LogP contribution in [-0.4, -0.2) is 37.2 Å². The average molecular weight is 1050 g/mol. The SMILES string of the molecule is CC/C=C\C/C=C\C/C=C\C/C=C\C/C=C\C/C=C\C/C=C\CCCCCCCC(=O)OCC(COC(=O)CCCC/C=C\C/C=C\C/C=C\C/C=C\CC)OC(=O)CCCCCCC/C=C\C/C=C\CCCCCC. The lowest BCUT2D eigenvalue weighted by Crippen LogP contribution is -2.30. The summed E-state index contributed by atoms with van der Waals surface area (Å²) in [4.78, 5) is 38.2. The molecule has 0 N–H and O–H groups in total. The maximum atomic E-state index is 12.9. The molecular weight excluding hydrogens is 937 g/mol. The molecule has 426 valence electrons. The second kappa shape index (κ2) is 62.6. The molecule has 0 rings (SSSR count). The molecule has 1 atom stereocenters. The lowest BCUT2D eigenvalue weighted by atomic mass is 10.1. The highest BCUT2D eigenvalue weighted by molar-refractivity contribution is 5.71. The molecule has 6 nitrogen and oxygen atoms in total. The van der Waals surface area contributed by atoms with Gasteiger partial charge in [-0.25, -0.2) is 0 Å². The Hall–Kier alpha value is -4.97. The van der Waals surface area contributed by atoms with Crippen LogP contribution in [0.2, 0.25) is 0 Å². The molecule has 0 aliphatic heterocycles. The van der Waals surface area contributed by atoms with Crippen molar-refractivity contribution in [2.75, 3.05) is 13.2 Å². The molecule has 0 spiro atoms. The molecule has 0 aromatic rings. The van der Waals surface area contributed by atoms with E-state index in [1.165, 1.54) is 32.1 Å². The monoisotopic (exact) mass is 1050 g/mol. The second-order valence-electron chi connectivity index (χ2n) is 19.5. The molecule has 0 saturated carbocycles. The molecule has 0 aromatic carbocycles. The van der Waals surface area contributed by atoms with Crippen molar-refractivity contribution < 1.29 is 28.6 Å². The van der Waals surface area contributed by atoms with Crippen LogP contribution in [0.5, 0.6) is 0 Å². The first-order chi connectivity index (χ1) is 37.5. The Labute approximate surface area is 467 Å². The zero-order chi connectivity index (χ0) is 55.0. The maximum Gasteiger partial charge on any atom is 0.306 e. The van der Waals surface area contributed by atoms with Crippen molar-refractivity contribution in [1.82, 2.24) is 0 Å². The largest absolute Gasteiger partial charge is 0.462 e. The summed E-state index contributed by atoms with van der Waals surface area (Å²) in [6.07, 6.45) is 91.0. The Kier molecular flexibility index (Phi) is 58.5. The van der Waals surface area contributed by atoms with Gasteiger partial charge in [0.2, 0.25) is 0 Å². The van der Waals surface area contributed by atoms with Gasteiger partial charge in [0, 0.05) is 19.3 Å². The van der Waals surface area contributed by atoms with E-state index in [1.807, 2.05) is 0 Å². The highest BCUT2D eigenvalue weighted by Gasteiger charge is 2.19. The van der Waals surface area contributed by atoms with Gasteiger partial charge < -0.3 is 14.2 Å². The first-order valence-corrected chi connectivity index (χ1v) is 30.5. The van der Waals surface area contributed by atoms with E-state index in [9.17, 15) is 14.4 Å². The van der Waals surface area contributed by atoms with Crippen molar-refractivity contribution in [3.05, 3.63) is 158 Å². The van der Waals surface area contributed by atoms with Crippen molar-refractivity contribution in [2.45, 2.75) is 252 Å². The van der Waals surface area contributed by atoms with Gasteiger partial charge in [-0.15, -0.1) is 0 Å². The Morgan fingerprint density at radius 3 is 0.829 bits per heavy atom. The molecule has 0 fully saturated rings. The first kappa shape index (κ1) is 71.0. The van der Waals surface area contributed by atoms with Crippen molar-refractivity contribution in [1.29, 1.82) is 0 Å². The fraction of sp³-hybridized carbons (Fsp3) is 0.586. The highest BCUT2D eigenvalue weighted by atomic mass is 16.6. The zero-order valence-corrected chi connectivity index (χ0v) is 48.7. The lowest BCUT2D eigenvalue weighted by Gasteiger charge is -2.18. The van der Waals surface area contributed by atoms with Crippen LogP contribution in [0.25, 0.3) is 0 Å². The van der Waals surface area contributed by atoms with Gasteiger partial charge in [0.25, 0.3) is 0 Å². The Morgan fingerprint density at radius 1 is 0.276 bits per heavy atom. The number of carbonyl (C=O) groups is 3. The number of esters is 3. The van der Waals surface area contributed by atoms with Gasteiger partial charge >= 0.3 is 17.9 Å². The lowest BCUT2D eigenvalue weighted by molar-refractivity contribution is -0.167. The molecule has 0 bridgehead atoms. The summed E-state index contributed by atoms with van der Waals surface area (Å²) in [6.45, 7) is 6.32. The smallest absolute Gasteiger partial charge is 0.306 e. The molecular formula is C70H110O6. The molecule has 76 heavy (non-hydrogen) atoms. The quantitative estimate of drug-likeness (QED) is 0.0261. The Bertz CT molecular complexity index is 1720. The first-order valence-electron chi connectivity index (χ1n) is 30.5. The molecule has 6 heteroatoms. The van der Waals surface area contributed by atoms with Gasteiger partial charge in [-0.2, -0.15) is 0 Å². The third-order valence-electron chi connectivity index (χ3n) is 12.2. The normalized spacial score (nSPS) is 13.2. The maximum absolute atomic E-state index is 12.9. The minimum atomic E-state index is -0.820. The highest BCUT2D eigenvalue weighted by Crippen LogP contribution is 2.13. The van der Waals surface area contributed by atoms with Crippen LogP contribution in [0.1, 0.15) is 245 Å². The van der Waals surface area contributed by atoms with E-state index in [0.29, 0.717) is 25.7 Å². The van der Waals surface area contributed by atoms with E-state index >= 15 is 0 Å². The summed E-state index contributed by atoms with van der Waals surface area (Å²) in [5.74, 6) is -0.994.